The first-order chi connectivity index (χ1) is 14.6. The number of aromatic nitrogens is 1. The van der Waals surface area contributed by atoms with E-state index in [4.69, 9.17) is 9.26 Å². The average molecular weight is 407 g/mol. The molecule has 1 aromatic heterocycles. The molecule has 0 aliphatic carbocycles. The molecule has 1 atom stereocenters. The maximum Gasteiger partial charge on any atom is 0.312 e. The molecule has 0 saturated carbocycles. The number of nitrogens with one attached hydrogen (secondary N) is 1. The topological polar surface area (TPSA) is 84.7 Å². The van der Waals surface area contributed by atoms with Crippen LogP contribution in [0, 0.1) is 0 Å². The molecule has 1 aliphatic rings. The molecule has 0 bridgehead atoms. The van der Waals surface area contributed by atoms with Crippen LogP contribution in [0.1, 0.15) is 31.9 Å². The average Bonchev–Trinajstić information content (AvgIpc) is 3.17. The lowest BCUT2D eigenvalue weighted by atomic mass is 10.1. The molecule has 1 fully saturated rings. The van der Waals surface area contributed by atoms with Crippen molar-refractivity contribution in [1.82, 2.24) is 5.16 Å². The van der Waals surface area contributed by atoms with E-state index in [0.717, 1.165) is 24.2 Å². The first-order valence-electron chi connectivity index (χ1n) is 10.3. The van der Waals surface area contributed by atoms with Crippen molar-refractivity contribution in [3.8, 4) is 0 Å². The summed E-state index contributed by atoms with van der Waals surface area (Å²) in [6, 6.07) is 15.1. The first-order valence-corrected chi connectivity index (χ1v) is 10.3. The predicted molar refractivity (Wildman–Crippen MR) is 114 cm³/mol. The lowest BCUT2D eigenvalue weighted by molar-refractivity contribution is -0.152. The number of hydrogen-bond donors (Lipinski definition) is 1. The van der Waals surface area contributed by atoms with Gasteiger partial charge in [0.1, 0.15) is 5.69 Å². The number of hydrogen-bond acceptors (Lipinski definition) is 6. The van der Waals surface area contributed by atoms with Crippen LogP contribution in [0.4, 0.5) is 11.4 Å². The molecule has 7 heteroatoms. The Morgan fingerprint density at radius 2 is 1.83 bits per heavy atom. The Morgan fingerprint density at radius 1 is 1.10 bits per heavy atom. The predicted octanol–water partition coefficient (Wildman–Crippen LogP) is 3.93. The van der Waals surface area contributed by atoms with Gasteiger partial charge in [0.2, 0.25) is 0 Å². The van der Waals surface area contributed by atoms with Gasteiger partial charge in [-0.1, -0.05) is 17.3 Å². The van der Waals surface area contributed by atoms with Crippen LogP contribution in [0.5, 0.6) is 0 Å². The Bertz CT molecular complexity index is 1020. The van der Waals surface area contributed by atoms with Crippen LogP contribution in [0.15, 0.2) is 53.1 Å². The molecule has 2 aromatic carbocycles. The number of esters is 1. The molecule has 0 radical (unpaired) electrons. The zero-order valence-corrected chi connectivity index (χ0v) is 17.0. The van der Waals surface area contributed by atoms with E-state index in [9.17, 15) is 9.59 Å². The summed E-state index contributed by atoms with van der Waals surface area (Å²) in [5.41, 5.74) is 2.94. The largest absolute Gasteiger partial charge is 0.452 e. The van der Waals surface area contributed by atoms with Crippen molar-refractivity contribution in [2.45, 2.75) is 38.7 Å². The molecule has 30 heavy (non-hydrogen) atoms. The molecule has 0 spiro atoms. The summed E-state index contributed by atoms with van der Waals surface area (Å²) >= 11 is 0. The highest BCUT2D eigenvalue weighted by molar-refractivity contribution is 5.95. The summed E-state index contributed by atoms with van der Waals surface area (Å²) < 4.78 is 10.5. The van der Waals surface area contributed by atoms with Crippen LogP contribution in [0.2, 0.25) is 0 Å². The highest BCUT2D eigenvalue weighted by atomic mass is 16.5. The normalized spacial score (nSPS) is 15.0. The number of nitrogens with zero attached hydrogens (tertiary/aromatic N) is 2. The zero-order chi connectivity index (χ0) is 20.9. The van der Waals surface area contributed by atoms with Crippen LogP contribution in [-0.4, -0.2) is 36.2 Å². The maximum atomic E-state index is 12.4. The van der Waals surface area contributed by atoms with E-state index in [0.29, 0.717) is 17.0 Å². The number of fused-ring (bicyclic) bond motifs is 1. The van der Waals surface area contributed by atoms with E-state index in [1.807, 2.05) is 42.5 Å². The number of carbonyl (C=O) groups excluding carboxylic acids is 2. The molecule has 4 rings (SSSR count). The van der Waals surface area contributed by atoms with Gasteiger partial charge in [-0.05, 0) is 62.6 Å². The summed E-state index contributed by atoms with van der Waals surface area (Å²) in [6.07, 6.45) is 2.74. The van der Waals surface area contributed by atoms with Gasteiger partial charge in [0.15, 0.2) is 11.7 Å². The summed E-state index contributed by atoms with van der Waals surface area (Å²) in [6.45, 7) is 3.69. The standard InChI is InChI=1S/C23H25N3O4/c1-16(29-22(27)15-20-19-7-3-4-8-21(19)30-25-20)23(28)24-17-9-11-18(12-10-17)26-13-5-2-6-14-26/h3-4,7-12,16H,2,5-6,13-15H2,1H3,(H,24,28)/t16-/m0/s1. The van der Waals surface area contributed by atoms with Gasteiger partial charge < -0.3 is 19.5 Å². The molecule has 1 aliphatic heterocycles. The lowest BCUT2D eigenvalue weighted by Gasteiger charge is -2.28. The number of anilines is 2. The number of piperidine rings is 1. The van der Waals surface area contributed by atoms with Gasteiger partial charge in [0.05, 0.1) is 6.42 Å². The first kappa shape index (κ1) is 19.9. The number of ether oxygens (including phenoxy) is 1. The molecular weight excluding hydrogens is 382 g/mol. The van der Waals surface area contributed by atoms with Crippen molar-refractivity contribution < 1.29 is 18.8 Å². The summed E-state index contributed by atoms with van der Waals surface area (Å²) in [7, 11) is 0. The fraction of sp³-hybridized carbons (Fsp3) is 0.348. The summed E-state index contributed by atoms with van der Waals surface area (Å²) in [5.74, 6) is -0.906. The fourth-order valence-corrected chi connectivity index (χ4v) is 3.65. The van der Waals surface area contributed by atoms with Crippen LogP contribution in [0.3, 0.4) is 0 Å². The molecule has 2 heterocycles. The van der Waals surface area contributed by atoms with E-state index in [2.05, 4.69) is 15.4 Å². The molecule has 1 amide bonds. The second-order valence-corrected chi connectivity index (χ2v) is 7.52. The van der Waals surface area contributed by atoms with Crippen molar-refractivity contribution in [2.24, 2.45) is 0 Å². The third kappa shape index (κ3) is 4.62. The minimum atomic E-state index is -0.919. The van der Waals surface area contributed by atoms with Crippen molar-refractivity contribution in [1.29, 1.82) is 0 Å². The van der Waals surface area contributed by atoms with Gasteiger partial charge in [0.25, 0.3) is 5.91 Å². The van der Waals surface area contributed by atoms with E-state index in [-0.39, 0.29) is 12.3 Å². The number of para-hydroxylation sites is 1. The van der Waals surface area contributed by atoms with Crippen molar-refractivity contribution in [3.05, 3.63) is 54.2 Å². The molecule has 3 aromatic rings. The zero-order valence-electron chi connectivity index (χ0n) is 17.0. The third-order valence-electron chi connectivity index (χ3n) is 5.30. The molecule has 156 valence electrons. The molecule has 7 nitrogen and oxygen atoms in total. The van der Waals surface area contributed by atoms with Crippen LogP contribution < -0.4 is 10.2 Å². The third-order valence-corrected chi connectivity index (χ3v) is 5.30. The van der Waals surface area contributed by atoms with E-state index in [1.165, 1.54) is 19.3 Å². The van der Waals surface area contributed by atoms with Gasteiger partial charge in [-0.25, -0.2) is 0 Å². The Balaban J connectivity index is 1.30. The van der Waals surface area contributed by atoms with Gasteiger partial charge in [-0.3, -0.25) is 9.59 Å². The van der Waals surface area contributed by atoms with Gasteiger partial charge >= 0.3 is 5.97 Å². The highest BCUT2D eigenvalue weighted by Crippen LogP contribution is 2.22. The van der Waals surface area contributed by atoms with Gasteiger partial charge in [-0.15, -0.1) is 0 Å². The molecular formula is C23H25N3O4. The van der Waals surface area contributed by atoms with Gasteiger partial charge in [-0.2, -0.15) is 0 Å². The smallest absolute Gasteiger partial charge is 0.312 e. The fourth-order valence-electron chi connectivity index (χ4n) is 3.65. The Hall–Kier alpha value is -3.35. The van der Waals surface area contributed by atoms with E-state index >= 15 is 0 Å². The number of carbonyl (C=O) groups is 2. The quantitative estimate of drug-likeness (QED) is 0.623. The Kier molecular flexibility index (Phi) is 5.97. The minimum absolute atomic E-state index is 0.0564. The van der Waals surface area contributed by atoms with Crippen molar-refractivity contribution in [3.63, 3.8) is 0 Å². The SMILES string of the molecule is C[C@H](OC(=O)Cc1noc2ccccc12)C(=O)Nc1ccc(N2CCCCC2)cc1. The van der Waals surface area contributed by atoms with Crippen molar-refractivity contribution in [2.75, 3.05) is 23.3 Å². The molecule has 1 N–H and O–H groups in total. The highest BCUT2D eigenvalue weighted by Gasteiger charge is 2.20. The summed E-state index contributed by atoms with van der Waals surface area (Å²) in [4.78, 5) is 27.0. The monoisotopic (exact) mass is 407 g/mol. The lowest BCUT2D eigenvalue weighted by Crippen LogP contribution is -2.31. The minimum Gasteiger partial charge on any atom is -0.452 e. The second-order valence-electron chi connectivity index (χ2n) is 7.52. The second kappa shape index (κ2) is 8.98. The van der Waals surface area contributed by atoms with Crippen LogP contribution >= 0.6 is 0 Å². The Labute approximate surface area is 175 Å². The van der Waals surface area contributed by atoms with E-state index < -0.39 is 12.1 Å². The van der Waals surface area contributed by atoms with Crippen LogP contribution in [-0.2, 0) is 20.7 Å². The molecule has 1 saturated heterocycles. The maximum absolute atomic E-state index is 12.4. The van der Waals surface area contributed by atoms with Gasteiger partial charge in [0, 0.05) is 29.9 Å². The number of rotatable bonds is 6. The number of amides is 1. The van der Waals surface area contributed by atoms with Crippen molar-refractivity contribution >= 4 is 34.2 Å². The Morgan fingerprint density at radius 3 is 2.60 bits per heavy atom. The number of benzene rings is 2. The van der Waals surface area contributed by atoms with E-state index in [1.54, 1.807) is 13.0 Å². The molecule has 0 unspecified atom stereocenters. The van der Waals surface area contributed by atoms with Crippen LogP contribution in [0.25, 0.3) is 11.0 Å². The summed E-state index contributed by atoms with van der Waals surface area (Å²) in [5, 5.41) is 7.48.